The minimum absolute atomic E-state index is 0.199. The Labute approximate surface area is 210 Å². The summed E-state index contributed by atoms with van der Waals surface area (Å²) in [7, 11) is 0. The van der Waals surface area contributed by atoms with Crippen molar-refractivity contribution in [2.75, 3.05) is 0 Å². The summed E-state index contributed by atoms with van der Waals surface area (Å²) in [4.78, 5) is 39.5. The highest BCUT2D eigenvalue weighted by Crippen LogP contribution is 2.53. The van der Waals surface area contributed by atoms with Gasteiger partial charge in [0.05, 0.1) is 17.9 Å². The number of piperidine rings is 1. The minimum Gasteiger partial charge on any atom is -0.481 e. The number of rotatable bonds is 9. The van der Waals surface area contributed by atoms with Crippen LogP contribution in [0.5, 0.6) is 0 Å². The van der Waals surface area contributed by atoms with E-state index in [9.17, 15) is 19.5 Å². The first-order chi connectivity index (χ1) is 16.2. The van der Waals surface area contributed by atoms with E-state index in [1.165, 1.54) is 0 Å². The third kappa shape index (κ3) is 5.31. The number of carboxylic acid groups (broad SMARTS) is 1. The van der Waals surface area contributed by atoms with Gasteiger partial charge in [0.25, 0.3) is 0 Å². The molecule has 1 aliphatic carbocycles. The van der Waals surface area contributed by atoms with E-state index < -0.39 is 11.4 Å². The molecule has 34 heavy (non-hydrogen) atoms. The van der Waals surface area contributed by atoms with E-state index in [4.69, 9.17) is 23.2 Å². The molecule has 1 aliphatic heterocycles. The van der Waals surface area contributed by atoms with Crippen LogP contribution < -0.4 is 0 Å². The van der Waals surface area contributed by atoms with Crippen LogP contribution in [0.2, 0.25) is 10.0 Å². The van der Waals surface area contributed by atoms with Crippen molar-refractivity contribution in [2.45, 2.75) is 63.5 Å². The largest absolute Gasteiger partial charge is 0.481 e. The average Bonchev–Trinajstić information content (AvgIpc) is 3.59. The summed E-state index contributed by atoms with van der Waals surface area (Å²) in [5.74, 6) is -0.934. The number of carboxylic acids is 1. The predicted molar refractivity (Wildman–Crippen MR) is 132 cm³/mol. The second-order valence-electron chi connectivity index (χ2n) is 9.94. The number of aldehydes is 1. The van der Waals surface area contributed by atoms with Crippen molar-refractivity contribution in [1.82, 2.24) is 4.90 Å². The van der Waals surface area contributed by atoms with Crippen molar-refractivity contribution in [3.05, 3.63) is 69.7 Å². The quantitative estimate of drug-likeness (QED) is 0.409. The van der Waals surface area contributed by atoms with Gasteiger partial charge in [0.1, 0.15) is 6.29 Å². The van der Waals surface area contributed by atoms with Gasteiger partial charge >= 0.3 is 5.97 Å². The topological polar surface area (TPSA) is 74.7 Å². The molecule has 5 nitrogen and oxygen atoms in total. The van der Waals surface area contributed by atoms with Crippen LogP contribution in [0.3, 0.4) is 0 Å². The number of benzene rings is 2. The third-order valence-electron chi connectivity index (χ3n) is 7.20. The fraction of sp³-hybridized carbons (Fsp3) is 0.444. The second-order valence-corrected chi connectivity index (χ2v) is 10.8. The van der Waals surface area contributed by atoms with Crippen LogP contribution in [0.4, 0.5) is 0 Å². The van der Waals surface area contributed by atoms with Gasteiger partial charge in [0.15, 0.2) is 0 Å². The van der Waals surface area contributed by atoms with E-state index in [0.717, 1.165) is 36.7 Å². The number of amides is 1. The zero-order chi connectivity index (χ0) is 24.5. The summed E-state index contributed by atoms with van der Waals surface area (Å²) in [6.45, 7) is 1.74. The Kier molecular flexibility index (Phi) is 7.34. The van der Waals surface area contributed by atoms with E-state index in [1.807, 2.05) is 35.2 Å². The van der Waals surface area contributed by atoms with Gasteiger partial charge < -0.3 is 14.8 Å². The predicted octanol–water partition coefficient (Wildman–Crippen LogP) is 6.29. The molecule has 1 heterocycles. The van der Waals surface area contributed by atoms with E-state index in [2.05, 4.69) is 0 Å². The first-order valence-corrected chi connectivity index (χ1v) is 12.5. The lowest BCUT2D eigenvalue weighted by molar-refractivity contribution is -0.161. The molecule has 2 aromatic carbocycles. The molecule has 1 saturated heterocycles. The summed E-state index contributed by atoms with van der Waals surface area (Å²) >= 11 is 12.5. The number of hydrogen-bond acceptors (Lipinski definition) is 3. The van der Waals surface area contributed by atoms with Gasteiger partial charge in [-0.1, -0.05) is 67.2 Å². The van der Waals surface area contributed by atoms with Crippen LogP contribution in [-0.2, 0) is 14.4 Å². The van der Waals surface area contributed by atoms with Crippen LogP contribution in [0.25, 0.3) is 0 Å². The molecule has 2 fully saturated rings. The van der Waals surface area contributed by atoms with E-state index >= 15 is 0 Å². The van der Waals surface area contributed by atoms with E-state index in [-0.39, 0.29) is 36.8 Å². The van der Waals surface area contributed by atoms with Gasteiger partial charge in [-0.3, -0.25) is 9.59 Å². The molecule has 4 atom stereocenters. The number of carbonyl (C=O) groups is 3. The van der Waals surface area contributed by atoms with Crippen LogP contribution in [-0.4, -0.2) is 34.2 Å². The third-order valence-corrected chi connectivity index (χ3v) is 7.68. The van der Waals surface area contributed by atoms with E-state index in [1.54, 1.807) is 25.1 Å². The normalized spacial score (nSPS) is 25.7. The van der Waals surface area contributed by atoms with Crippen molar-refractivity contribution in [3.8, 4) is 0 Å². The van der Waals surface area contributed by atoms with Crippen LogP contribution in [0.1, 0.15) is 68.5 Å². The van der Waals surface area contributed by atoms with Crippen LogP contribution in [0.15, 0.2) is 48.5 Å². The number of carbonyl (C=O) groups excluding carboxylic acids is 2. The van der Waals surface area contributed by atoms with Crippen molar-refractivity contribution in [3.63, 3.8) is 0 Å². The molecule has 2 aliphatic rings. The number of nitrogens with zero attached hydrogens (tertiary/aromatic N) is 1. The molecule has 2 aromatic rings. The lowest BCUT2D eigenvalue weighted by atomic mass is 9.67. The van der Waals surface area contributed by atoms with Crippen LogP contribution in [0, 0.1) is 11.3 Å². The molecule has 0 unspecified atom stereocenters. The average molecular weight is 502 g/mol. The standard InChI is InChI=1S/C27H29Cl2NO4/c1-27(16-24(32)33)15-23(19-3-2-4-21(29)14-19)25(18-7-9-20(28)10-8-18)30(26(27)34)22(11-12-31)13-17-5-6-17/h2-4,7-10,12,14,17,22-23,25H,5-6,11,13,15-16H2,1H3,(H,32,33)/t22-,23-,25-,27-/m1/s1. The van der Waals surface area contributed by atoms with Crippen LogP contribution >= 0.6 is 23.2 Å². The van der Waals surface area contributed by atoms with Crippen molar-refractivity contribution in [1.29, 1.82) is 0 Å². The molecule has 180 valence electrons. The van der Waals surface area contributed by atoms with Gasteiger partial charge in [-0.05, 0) is 54.2 Å². The maximum atomic E-state index is 14.1. The monoisotopic (exact) mass is 501 g/mol. The molecule has 0 bridgehead atoms. The molecule has 0 aromatic heterocycles. The zero-order valence-corrected chi connectivity index (χ0v) is 20.6. The van der Waals surface area contributed by atoms with Gasteiger partial charge in [-0.2, -0.15) is 0 Å². The summed E-state index contributed by atoms with van der Waals surface area (Å²) in [5.41, 5.74) is 0.747. The fourth-order valence-electron chi connectivity index (χ4n) is 5.45. The Morgan fingerprint density at radius 1 is 1.15 bits per heavy atom. The number of halogens is 2. The van der Waals surface area contributed by atoms with Gasteiger partial charge in [-0.25, -0.2) is 0 Å². The molecule has 0 spiro atoms. The van der Waals surface area contributed by atoms with Crippen molar-refractivity contribution >= 4 is 41.4 Å². The minimum atomic E-state index is -1.10. The Hall–Kier alpha value is -2.37. The maximum absolute atomic E-state index is 14.1. The number of hydrogen-bond donors (Lipinski definition) is 1. The molecule has 1 amide bonds. The Bertz CT molecular complexity index is 1070. The Balaban J connectivity index is 1.89. The highest BCUT2D eigenvalue weighted by molar-refractivity contribution is 6.30. The number of aliphatic carboxylic acids is 1. The van der Waals surface area contributed by atoms with E-state index in [0.29, 0.717) is 22.4 Å². The van der Waals surface area contributed by atoms with Gasteiger partial charge in [-0.15, -0.1) is 0 Å². The zero-order valence-electron chi connectivity index (χ0n) is 19.1. The molecular weight excluding hydrogens is 473 g/mol. The Morgan fingerprint density at radius 3 is 2.44 bits per heavy atom. The second kappa shape index (κ2) is 10.1. The SMILES string of the molecule is C[C@]1(CC(=O)O)C[C@H](c2cccc(Cl)c2)[C@@H](c2ccc(Cl)cc2)N([C@H](CC=O)CC2CC2)C1=O. The maximum Gasteiger partial charge on any atom is 0.304 e. The highest BCUT2D eigenvalue weighted by atomic mass is 35.5. The first kappa shape index (κ1) is 24.7. The lowest BCUT2D eigenvalue weighted by Crippen LogP contribution is -2.56. The summed E-state index contributed by atoms with van der Waals surface area (Å²) < 4.78 is 0. The summed E-state index contributed by atoms with van der Waals surface area (Å²) in [6.07, 6.45) is 4.10. The molecular formula is C27H29Cl2NO4. The van der Waals surface area contributed by atoms with Crippen molar-refractivity contribution in [2.24, 2.45) is 11.3 Å². The first-order valence-electron chi connectivity index (χ1n) is 11.7. The summed E-state index contributed by atoms with van der Waals surface area (Å²) in [5, 5.41) is 10.9. The van der Waals surface area contributed by atoms with Crippen molar-refractivity contribution < 1.29 is 19.5 Å². The lowest BCUT2D eigenvalue weighted by Gasteiger charge is -2.52. The molecule has 4 rings (SSSR count). The Morgan fingerprint density at radius 2 is 1.85 bits per heavy atom. The fourth-order valence-corrected chi connectivity index (χ4v) is 5.78. The molecule has 7 heteroatoms. The molecule has 1 saturated carbocycles. The highest BCUT2D eigenvalue weighted by Gasteiger charge is 2.52. The van der Waals surface area contributed by atoms with Gasteiger partial charge in [0.2, 0.25) is 5.91 Å². The number of likely N-dealkylation sites (tertiary alicyclic amines) is 1. The summed E-state index contributed by atoms with van der Waals surface area (Å²) in [6, 6.07) is 14.3. The molecule has 1 N–H and O–H groups in total. The smallest absolute Gasteiger partial charge is 0.304 e. The van der Waals surface area contributed by atoms with Gasteiger partial charge in [0, 0.05) is 28.4 Å². The molecule has 0 radical (unpaired) electrons.